The highest BCUT2D eigenvalue weighted by Crippen LogP contribution is 2.37. The number of ether oxygens (including phenoxy) is 13. The van der Waals surface area contributed by atoms with Gasteiger partial charge in [0.25, 0.3) is 0 Å². The Morgan fingerprint density at radius 2 is 0.655 bits per heavy atom. The number of carbonyl (C=O) groups is 2. The minimum Gasteiger partial charge on any atom is -0.394 e. The molecule has 0 bridgehead atoms. The molecule has 7 aliphatic heterocycles. The van der Waals surface area contributed by atoms with E-state index in [1.165, 1.54) is 0 Å². The van der Waals surface area contributed by atoms with Gasteiger partial charge in [0.15, 0.2) is 44.0 Å². The molecule has 0 spiro atoms. The Morgan fingerprint density at radius 1 is 0.310 bits per heavy atom. The molecule has 7 rings (SSSR count). The molecule has 7 heterocycles. The number of nitrogens with one attached hydrogen (secondary N) is 2. The van der Waals surface area contributed by atoms with Crippen LogP contribution in [0.1, 0.15) is 13.8 Å². The maximum atomic E-state index is 12.3. The SMILES string of the molecule is CC(=O)N[C@H]1[C@H](O[C@@H]2[C@@H](O[C@@H]3[C@H](O)[C@H](O[C@H]4[C@H](O)[C@@H](NC(C)=O)C(O)O[C@@H]4CO)O[C@H](CO[C@H]4O[C@H](CO[C@H]5O[C@H](CO)[C@@H](O)[C@H](O)[C@@H]5O)[C@@H](O)[C@H](O[C@H]5O[C@H](CO)[C@@H](O)[C@H](O)[C@@H]5O)[C@@H]4O)[C@H]3O)O[C@H](CO)[C@@H](O)[C@@H]2O)O[C@H](CO)[C@@H](O)[C@@H]1O. The van der Waals surface area contributed by atoms with Gasteiger partial charge in [0, 0.05) is 13.8 Å². The molecular formula is C46H78N2O36. The molecule has 38 nitrogen and oxygen atoms in total. The molecule has 84 heavy (non-hydrogen) atoms. The molecule has 23 N–H and O–H groups in total. The quantitative estimate of drug-likeness (QED) is 0.0507. The molecule has 1 unspecified atom stereocenters. The molecule has 0 saturated carbocycles. The lowest BCUT2D eigenvalue weighted by molar-refractivity contribution is -0.394. The third-order valence-corrected chi connectivity index (χ3v) is 15.3. The first-order valence-electron chi connectivity index (χ1n) is 26.6. The standard InChI is InChI=1S/C46H78N2O36/c1-10(54)47-19-28(63)36(16(7-53)74-40(19)71)81-45-35(70)38(83-46-39(31(66)24(59)15(6-52)78-46)84-41-20(48-11(2)55)27(62)21(56)12(3-49)75-41)26(61)18(80-45)9-73-43-34(69)37(82-44-33(68)30(65)23(58)14(5-51)77-44)25(60)17(79-43)8-72-42-32(67)29(64)22(57)13(4-50)76-42/h12-46,49-53,56-71H,3-9H2,1-2H3,(H,47,54)(H,48,55)/t12-,13-,14-,15-,16-,17-,18-,19-,20-,21-,22-,23-,24-,25-,26-,27-,28-,29+,30+,31+,32+,33+,34+,35+,36-,37+,38+,39+,40?,41+,42+,43+,44-,45+,46-/m1/s1. The minimum atomic E-state index is -2.38. The average molecular weight is 1240 g/mol. The highest BCUT2D eigenvalue weighted by molar-refractivity contribution is 5.73. The molecule has 0 radical (unpaired) electrons. The largest absolute Gasteiger partial charge is 0.394 e. The van der Waals surface area contributed by atoms with Crippen LogP contribution in [0.15, 0.2) is 0 Å². The summed E-state index contributed by atoms with van der Waals surface area (Å²) in [5.41, 5.74) is 0. The number of hydrogen-bond acceptors (Lipinski definition) is 36. The molecule has 38 heteroatoms. The Morgan fingerprint density at radius 3 is 1.15 bits per heavy atom. The molecule has 2 amide bonds. The van der Waals surface area contributed by atoms with E-state index in [2.05, 4.69) is 10.6 Å². The van der Waals surface area contributed by atoms with Crippen molar-refractivity contribution in [3.05, 3.63) is 0 Å². The number of aliphatic hydroxyl groups excluding tert-OH is 21. The van der Waals surface area contributed by atoms with Gasteiger partial charge in [0.05, 0.1) is 46.2 Å². The van der Waals surface area contributed by atoms with Crippen LogP contribution in [0.3, 0.4) is 0 Å². The van der Waals surface area contributed by atoms with E-state index in [1.54, 1.807) is 0 Å². The van der Waals surface area contributed by atoms with Crippen LogP contribution in [0.4, 0.5) is 0 Å². The second kappa shape index (κ2) is 29.9. The number of amides is 2. The van der Waals surface area contributed by atoms with E-state index in [-0.39, 0.29) is 0 Å². The van der Waals surface area contributed by atoms with Crippen LogP contribution >= 0.6 is 0 Å². The van der Waals surface area contributed by atoms with E-state index in [0.29, 0.717) is 0 Å². The summed E-state index contributed by atoms with van der Waals surface area (Å²) in [5, 5.41) is 232. The highest BCUT2D eigenvalue weighted by Gasteiger charge is 2.58. The predicted octanol–water partition coefficient (Wildman–Crippen LogP) is -16.0. The van der Waals surface area contributed by atoms with Crippen LogP contribution in [0.2, 0.25) is 0 Å². The van der Waals surface area contributed by atoms with Crippen molar-refractivity contribution in [3.8, 4) is 0 Å². The highest BCUT2D eigenvalue weighted by atomic mass is 16.8. The fraction of sp³-hybridized carbons (Fsp3) is 0.957. The Labute approximate surface area is 475 Å². The third-order valence-electron chi connectivity index (χ3n) is 15.3. The van der Waals surface area contributed by atoms with Gasteiger partial charge < -0.3 is 179 Å². The van der Waals surface area contributed by atoms with Gasteiger partial charge in [-0.2, -0.15) is 0 Å². The number of rotatable bonds is 21. The van der Waals surface area contributed by atoms with Crippen LogP contribution < -0.4 is 10.6 Å². The lowest BCUT2D eigenvalue weighted by Crippen LogP contribution is -2.69. The van der Waals surface area contributed by atoms with Gasteiger partial charge in [-0.15, -0.1) is 0 Å². The summed E-state index contributed by atoms with van der Waals surface area (Å²) < 4.78 is 74.7. The number of hydrogen-bond donors (Lipinski definition) is 23. The first kappa shape index (κ1) is 69.1. The Kier molecular flexibility index (Phi) is 24.6. The minimum absolute atomic E-state index is 0.800. The van der Waals surface area contributed by atoms with Crippen LogP contribution in [-0.4, -0.2) is 380 Å². The van der Waals surface area contributed by atoms with Crippen molar-refractivity contribution in [3.63, 3.8) is 0 Å². The van der Waals surface area contributed by atoms with Crippen LogP contribution in [-0.2, 0) is 71.2 Å². The van der Waals surface area contributed by atoms with Crippen molar-refractivity contribution < 1.29 is 178 Å². The fourth-order valence-corrected chi connectivity index (χ4v) is 10.6. The summed E-state index contributed by atoms with van der Waals surface area (Å²) in [4.78, 5) is 24.4. The van der Waals surface area contributed by atoms with Gasteiger partial charge in [0.2, 0.25) is 11.8 Å². The number of aliphatic hydroxyl groups is 21. The fourth-order valence-electron chi connectivity index (χ4n) is 10.6. The lowest BCUT2D eigenvalue weighted by Gasteiger charge is -2.50. The zero-order chi connectivity index (χ0) is 61.9. The topological polar surface area (TPSA) is 603 Å². The molecule has 0 aromatic carbocycles. The molecule has 7 fully saturated rings. The summed E-state index contributed by atoms with van der Waals surface area (Å²) >= 11 is 0. The van der Waals surface area contributed by atoms with E-state index in [9.17, 15) is 117 Å². The Balaban J connectivity index is 1.21. The molecule has 0 aromatic heterocycles. The van der Waals surface area contributed by atoms with Crippen molar-refractivity contribution in [1.82, 2.24) is 10.6 Å². The molecule has 0 aromatic rings. The van der Waals surface area contributed by atoms with Crippen molar-refractivity contribution in [2.45, 2.75) is 229 Å². The summed E-state index contributed by atoms with van der Waals surface area (Å²) in [6.07, 6.45) is -66.0. The van der Waals surface area contributed by atoms with Crippen LogP contribution in [0.25, 0.3) is 0 Å². The Hall–Kier alpha value is -2.42. The zero-order valence-corrected chi connectivity index (χ0v) is 44.7. The van der Waals surface area contributed by atoms with Crippen LogP contribution in [0.5, 0.6) is 0 Å². The van der Waals surface area contributed by atoms with E-state index in [1.807, 2.05) is 0 Å². The van der Waals surface area contributed by atoms with Gasteiger partial charge >= 0.3 is 0 Å². The van der Waals surface area contributed by atoms with Gasteiger partial charge in [-0.3, -0.25) is 9.59 Å². The zero-order valence-electron chi connectivity index (χ0n) is 44.7. The van der Waals surface area contributed by atoms with Gasteiger partial charge in [-0.25, -0.2) is 0 Å². The molecule has 7 saturated heterocycles. The summed E-state index contributed by atoms with van der Waals surface area (Å²) in [6.45, 7) is -4.88. The van der Waals surface area contributed by atoms with Crippen molar-refractivity contribution in [2.24, 2.45) is 0 Å². The molecule has 35 atom stereocenters. The van der Waals surface area contributed by atoms with E-state index < -0.39 is 273 Å². The van der Waals surface area contributed by atoms with E-state index in [0.717, 1.165) is 13.8 Å². The van der Waals surface area contributed by atoms with Gasteiger partial charge in [-0.05, 0) is 0 Å². The van der Waals surface area contributed by atoms with E-state index in [4.69, 9.17) is 61.6 Å². The molecular weight excluding hydrogens is 1160 g/mol. The number of carbonyl (C=O) groups excluding carboxylic acids is 2. The summed E-state index contributed by atoms with van der Waals surface area (Å²) in [6, 6.07) is -3.39. The van der Waals surface area contributed by atoms with Crippen molar-refractivity contribution in [2.75, 3.05) is 46.2 Å². The third kappa shape index (κ3) is 14.9. The second-order valence-corrected chi connectivity index (χ2v) is 21.1. The summed E-state index contributed by atoms with van der Waals surface area (Å²) in [5.74, 6) is -1.62. The molecule has 0 aliphatic carbocycles. The van der Waals surface area contributed by atoms with Crippen molar-refractivity contribution >= 4 is 11.8 Å². The first-order chi connectivity index (χ1) is 39.7. The summed E-state index contributed by atoms with van der Waals surface area (Å²) in [7, 11) is 0. The smallest absolute Gasteiger partial charge is 0.217 e. The maximum Gasteiger partial charge on any atom is 0.217 e. The predicted molar refractivity (Wildman–Crippen MR) is 255 cm³/mol. The second-order valence-electron chi connectivity index (χ2n) is 21.1. The van der Waals surface area contributed by atoms with Gasteiger partial charge in [0.1, 0.15) is 171 Å². The normalized spacial score (nSPS) is 50.3. The first-order valence-corrected chi connectivity index (χ1v) is 26.6. The Bertz CT molecular complexity index is 2060. The van der Waals surface area contributed by atoms with Crippen LogP contribution in [0, 0.1) is 0 Å². The van der Waals surface area contributed by atoms with Gasteiger partial charge in [-0.1, -0.05) is 0 Å². The van der Waals surface area contributed by atoms with E-state index >= 15 is 0 Å². The monoisotopic (exact) mass is 1230 g/mol. The maximum absolute atomic E-state index is 12.3. The molecule has 7 aliphatic rings. The lowest BCUT2D eigenvalue weighted by atomic mass is 9.94. The average Bonchev–Trinajstić information content (AvgIpc) is 3.41. The molecule has 488 valence electrons. The van der Waals surface area contributed by atoms with Crippen molar-refractivity contribution in [1.29, 1.82) is 0 Å².